The van der Waals surface area contributed by atoms with Crippen LogP contribution in [-0.2, 0) is 22.3 Å². The summed E-state index contributed by atoms with van der Waals surface area (Å²) in [7, 11) is 1.36. The number of nitrogens with one attached hydrogen (secondary N) is 1. The van der Waals surface area contributed by atoms with Crippen molar-refractivity contribution in [3.8, 4) is 0 Å². The van der Waals surface area contributed by atoms with Crippen LogP contribution >= 0.6 is 11.8 Å². The van der Waals surface area contributed by atoms with Gasteiger partial charge in [0.25, 0.3) is 5.56 Å². The van der Waals surface area contributed by atoms with E-state index in [0.717, 1.165) is 28.8 Å². The van der Waals surface area contributed by atoms with Crippen molar-refractivity contribution < 1.29 is 22.8 Å². The maximum Gasteiger partial charge on any atom is 0.418 e. The summed E-state index contributed by atoms with van der Waals surface area (Å²) in [6.45, 7) is 3.39. The zero-order valence-electron chi connectivity index (χ0n) is 18.1. The number of allylic oxidation sites excluding steroid dienone is 1. The predicted molar refractivity (Wildman–Crippen MR) is 125 cm³/mol. The van der Waals surface area contributed by atoms with E-state index < -0.39 is 30.1 Å². The van der Waals surface area contributed by atoms with E-state index in [0.29, 0.717) is 16.1 Å². The highest BCUT2D eigenvalue weighted by atomic mass is 32.2. The predicted octanol–water partition coefficient (Wildman–Crippen LogP) is 3.79. The molecule has 3 rings (SSSR count). The number of anilines is 1. The molecule has 0 aliphatic carbocycles. The minimum absolute atomic E-state index is 0.134. The van der Waals surface area contributed by atoms with Gasteiger partial charge in [0.1, 0.15) is 0 Å². The van der Waals surface area contributed by atoms with Crippen LogP contribution in [0.1, 0.15) is 5.56 Å². The molecule has 0 atom stereocenters. The number of aromatic nitrogens is 2. The molecule has 0 aliphatic rings. The molecule has 11 heteroatoms. The summed E-state index contributed by atoms with van der Waals surface area (Å²) in [6.07, 6.45) is -3.09. The number of carbonyl (C=O) groups excluding carboxylic acids is 2. The Kier molecular flexibility index (Phi) is 7.77. The first kappa shape index (κ1) is 25.0. The molecular formula is C23H21F3N4O3S. The van der Waals surface area contributed by atoms with Crippen molar-refractivity contribution >= 4 is 40.2 Å². The number of hydrogen-bond donors (Lipinski definition) is 1. The highest BCUT2D eigenvalue weighted by Gasteiger charge is 2.33. The third-order valence-corrected chi connectivity index (χ3v) is 5.74. The molecule has 1 aromatic heterocycles. The Bertz CT molecular complexity index is 1290. The Labute approximate surface area is 197 Å². The van der Waals surface area contributed by atoms with Gasteiger partial charge < -0.3 is 10.2 Å². The number of amides is 2. The van der Waals surface area contributed by atoms with Crippen LogP contribution in [0.15, 0.2) is 71.1 Å². The Morgan fingerprint density at radius 1 is 1.18 bits per heavy atom. The molecule has 1 N–H and O–H groups in total. The molecule has 7 nitrogen and oxygen atoms in total. The fraction of sp³-hybridized carbons (Fsp3) is 0.217. The van der Waals surface area contributed by atoms with Crippen molar-refractivity contribution in [2.24, 2.45) is 0 Å². The number of likely N-dealkylation sites (N-methyl/N-ethyl adjacent to an activating group) is 1. The van der Waals surface area contributed by atoms with E-state index in [1.165, 1.54) is 23.7 Å². The van der Waals surface area contributed by atoms with Crippen molar-refractivity contribution in [1.29, 1.82) is 0 Å². The monoisotopic (exact) mass is 490 g/mol. The first-order chi connectivity index (χ1) is 16.1. The van der Waals surface area contributed by atoms with E-state index in [2.05, 4.69) is 16.9 Å². The molecule has 178 valence electrons. The molecule has 1 heterocycles. The van der Waals surface area contributed by atoms with Gasteiger partial charge in [-0.1, -0.05) is 42.1 Å². The van der Waals surface area contributed by atoms with Gasteiger partial charge in [0, 0.05) is 13.6 Å². The second-order valence-electron chi connectivity index (χ2n) is 7.25. The third-order valence-electron chi connectivity index (χ3n) is 4.78. The van der Waals surface area contributed by atoms with Crippen LogP contribution in [0.2, 0.25) is 0 Å². The minimum Gasteiger partial charge on any atom is -0.336 e. The smallest absolute Gasteiger partial charge is 0.336 e. The molecule has 3 aromatic rings. The number of alkyl halides is 3. The van der Waals surface area contributed by atoms with Crippen LogP contribution in [0.4, 0.5) is 18.9 Å². The maximum atomic E-state index is 13.1. The Morgan fingerprint density at radius 2 is 1.85 bits per heavy atom. The number of nitrogens with zero attached hydrogens (tertiary/aromatic N) is 3. The lowest BCUT2D eigenvalue weighted by atomic mass is 10.1. The summed E-state index contributed by atoms with van der Waals surface area (Å²) in [5, 5.41) is 2.95. The first-order valence-electron chi connectivity index (χ1n) is 10.0. The fourth-order valence-electron chi connectivity index (χ4n) is 3.12. The van der Waals surface area contributed by atoms with Gasteiger partial charge in [-0.25, -0.2) is 4.98 Å². The molecule has 0 bridgehead atoms. The van der Waals surface area contributed by atoms with Crippen LogP contribution < -0.4 is 10.9 Å². The van der Waals surface area contributed by atoms with Crippen molar-refractivity contribution in [2.45, 2.75) is 17.9 Å². The Hall–Kier alpha value is -3.60. The summed E-state index contributed by atoms with van der Waals surface area (Å²) in [5.41, 5.74) is -1.14. The molecule has 0 radical (unpaired) electrons. The van der Waals surface area contributed by atoms with Crippen molar-refractivity contribution in [3.63, 3.8) is 0 Å². The standard InChI is InChI=1S/C23H21F3N4O3S/c1-3-12-30-21(33)15-8-4-6-10-17(15)28-22(30)34-14-20(32)29(2)13-19(31)27-18-11-7-5-9-16(18)23(24,25)26/h3-11H,1,12-14H2,2H3,(H,27,31). The molecule has 0 aliphatic heterocycles. The number of benzene rings is 2. The molecule has 34 heavy (non-hydrogen) atoms. The van der Waals surface area contributed by atoms with E-state index in [-0.39, 0.29) is 23.5 Å². The molecule has 2 amide bonds. The number of carbonyl (C=O) groups is 2. The average molecular weight is 491 g/mol. The van der Waals surface area contributed by atoms with Crippen LogP contribution in [0, 0.1) is 0 Å². The van der Waals surface area contributed by atoms with Crippen molar-refractivity contribution in [1.82, 2.24) is 14.5 Å². The van der Waals surface area contributed by atoms with Gasteiger partial charge in [0.15, 0.2) is 5.16 Å². The number of fused-ring (bicyclic) bond motifs is 1. The number of rotatable bonds is 8. The van der Waals surface area contributed by atoms with Crippen LogP contribution in [0.25, 0.3) is 10.9 Å². The van der Waals surface area contributed by atoms with Gasteiger partial charge >= 0.3 is 6.18 Å². The molecule has 2 aromatic carbocycles. The molecule has 0 spiro atoms. The van der Waals surface area contributed by atoms with Gasteiger partial charge in [0.05, 0.1) is 34.5 Å². The lowest BCUT2D eigenvalue weighted by Gasteiger charge is -2.18. The summed E-state index contributed by atoms with van der Waals surface area (Å²) >= 11 is 1.02. The van der Waals surface area contributed by atoms with E-state index in [4.69, 9.17) is 0 Å². The topological polar surface area (TPSA) is 84.3 Å². The van der Waals surface area contributed by atoms with Crippen molar-refractivity contribution in [2.75, 3.05) is 24.7 Å². The second kappa shape index (κ2) is 10.6. The van der Waals surface area contributed by atoms with Gasteiger partial charge in [-0.3, -0.25) is 19.0 Å². The number of hydrogen-bond acceptors (Lipinski definition) is 5. The lowest BCUT2D eigenvalue weighted by molar-refractivity contribution is -0.137. The lowest BCUT2D eigenvalue weighted by Crippen LogP contribution is -2.36. The number of para-hydroxylation sites is 2. The van der Waals surface area contributed by atoms with Crippen LogP contribution in [-0.4, -0.2) is 45.6 Å². The van der Waals surface area contributed by atoms with Crippen LogP contribution in [0.5, 0.6) is 0 Å². The summed E-state index contributed by atoms with van der Waals surface area (Å²) in [6, 6.07) is 11.4. The SMILES string of the molecule is C=CCn1c(SCC(=O)N(C)CC(=O)Nc2ccccc2C(F)(F)F)nc2ccccc2c1=O. The van der Waals surface area contributed by atoms with Crippen molar-refractivity contribution in [3.05, 3.63) is 77.1 Å². The van der Waals surface area contributed by atoms with Gasteiger partial charge in [-0.05, 0) is 24.3 Å². The minimum atomic E-state index is -4.63. The van der Waals surface area contributed by atoms with E-state index in [1.807, 2.05) is 0 Å². The fourth-order valence-corrected chi connectivity index (χ4v) is 4.07. The zero-order chi connectivity index (χ0) is 24.9. The number of thioether (sulfide) groups is 1. The molecule has 0 saturated carbocycles. The molecule has 0 unspecified atom stereocenters. The zero-order valence-corrected chi connectivity index (χ0v) is 18.9. The van der Waals surface area contributed by atoms with E-state index in [1.54, 1.807) is 30.3 Å². The highest BCUT2D eigenvalue weighted by molar-refractivity contribution is 7.99. The second-order valence-corrected chi connectivity index (χ2v) is 8.19. The van der Waals surface area contributed by atoms with Crippen LogP contribution in [0.3, 0.4) is 0 Å². The maximum absolute atomic E-state index is 13.1. The first-order valence-corrected chi connectivity index (χ1v) is 11.0. The number of halogens is 3. The summed E-state index contributed by atoms with van der Waals surface area (Å²) in [5.74, 6) is -1.37. The highest BCUT2D eigenvalue weighted by Crippen LogP contribution is 2.34. The Balaban J connectivity index is 1.67. The van der Waals surface area contributed by atoms with Gasteiger partial charge in [-0.15, -0.1) is 6.58 Å². The van der Waals surface area contributed by atoms with E-state index >= 15 is 0 Å². The summed E-state index contributed by atoms with van der Waals surface area (Å²) < 4.78 is 40.7. The van der Waals surface area contributed by atoms with Gasteiger partial charge in [-0.2, -0.15) is 13.2 Å². The molecule has 0 fully saturated rings. The van der Waals surface area contributed by atoms with Gasteiger partial charge in [0.2, 0.25) is 11.8 Å². The Morgan fingerprint density at radius 3 is 2.56 bits per heavy atom. The molecule has 0 saturated heterocycles. The molecular weight excluding hydrogens is 469 g/mol. The normalized spacial score (nSPS) is 11.3. The third kappa shape index (κ3) is 5.84. The largest absolute Gasteiger partial charge is 0.418 e. The van der Waals surface area contributed by atoms with E-state index in [9.17, 15) is 27.6 Å². The average Bonchev–Trinajstić information content (AvgIpc) is 2.79. The quantitative estimate of drug-likeness (QED) is 0.295. The summed E-state index contributed by atoms with van der Waals surface area (Å²) in [4.78, 5) is 43.1.